The second kappa shape index (κ2) is 9.18. The normalized spacial score (nSPS) is 13.3. The van der Waals surface area contributed by atoms with Gasteiger partial charge in [0.25, 0.3) is 0 Å². The molecule has 0 fully saturated rings. The van der Waals surface area contributed by atoms with Crippen LogP contribution in [0.4, 0.5) is 0 Å². The van der Waals surface area contributed by atoms with E-state index in [0.29, 0.717) is 5.92 Å². The fraction of sp³-hybridized carbons (Fsp3) is 0.280. The van der Waals surface area contributed by atoms with Gasteiger partial charge in [0, 0.05) is 12.5 Å². The van der Waals surface area contributed by atoms with Gasteiger partial charge >= 0.3 is 0 Å². The lowest BCUT2D eigenvalue weighted by Crippen LogP contribution is -2.37. The van der Waals surface area contributed by atoms with E-state index in [2.05, 4.69) is 118 Å². The predicted octanol–water partition coefficient (Wildman–Crippen LogP) is 5.47. The van der Waals surface area contributed by atoms with Gasteiger partial charge in [-0.25, -0.2) is 0 Å². The lowest BCUT2D eigenvalue weighted by molar-refractivity contribution is 0.266. The highest BCUT2D eigenvalue weighted by Gasteiger charge is 2.46. The van der Waals surface area contributed by atoms with Crippen LogP contribution in [0.2, 0.25) is 19.6 Å². The molecule has 3 heteroatoms. The number of hydrogen-bond donors (Lipinski definition) is 0. The molecule has 146 valence electrons. The van der Waals surface area contributed by atoms with Crippen LogP contribution in [0.15, 0.2) is 91.0 Å². The molecule has 0 bridgehead atoms. The summed E-state index contributed by atoms with van der Waals surface area (Å²) in [6, 6.07) is 33.3. The van der Waals surface area contributed by atoms with Gasteiger partial charge in [-0.1, -0.05) is 61.5 Å². The van der Waals surface area contributed by atoms with Crippen molar-refractivity contribution in [2.45, 2.75) is 26.6 Å². The van der Waals surface area contributed by atoms with Crippen LogP contribution in [-0.4, -0.2) is 21.1 Å². The Morgan fingerprint density at radius 1 is 0.679 bits per heavy atom. The van der Waals surface area contributed by atoms with Crippen LogP contribution >= 0.6 is 7.26 Å². The van der Waals surface area contributed by atoms with Gasteiger partial charge in [-0.3, -0.25) is 0 Å². The standard InChI is InChI=1S/C25H32OPSi/c1-22(20-26-28(2,3)4)21-27(23-14-8-5-9-15-23,24-16-10-6-11-17-24)25-18-12-7-13-19-25/h5-19,22H,20-21H2,1-4H3/q+1/t22-/m0/s1. The Morgan fingerprint density at radius 2 is 1.04 bits per heavy atom. The zero-order chi connectivity index (χ0) is 20.0. The van der Waals surface area contributed by atoms with Crippen molar-refractivity contribution in [3.05, 3.63) is 91.0 Å². The Kier molecular flexibility index (Phi) is 6.88. The van der Waals surface area contributed by atoms with E-state index in [1.807, 2.05) is 0 Å². The Bertz CT molecular complexity index is 747. The van der Waals surface area contributed by atoms with Crippen molar-refractivity contribution in [2.24, 2.45) is 5.92 Å². The SMILES string of the molecule is C[C@@H](CO[Si](C)(C)C)C[P+](c1ccccc1)(c1ccccc1)c1ccccc1. The molecule has 0 spiro atoms. The molecule has 3 aromatic carbocycles. The van der Waals surface area contributed by atoms with E-state index < -0.39 is 15.6 Å². The fourth-order valence-corrected chi connectivity index (χ4v) is 9.12. The molecule has 1 atom stereocenters. The van der Waals surface area contributed by atoms with Gasteiger partial charge in [-0.05, 0) is 56.0 Å². The van der Waals surface area contributed by atoms with Crippen molar-refractivity contribution in [1.82, 2.24) is 0 Å². The lowest BCUT2D eigenvalue weighted by atomic mass is 10.2. The summed E-state index contributed by atoms with van der Waals surface area (Å²) >= 11 is 0. The number of benzene rings is 3. The minimum atomic E-state index is -1.76. The van der Waals surface area contributed by atoms with Crippen LogP contribution in [0.5, 0.6) is 0 Å². The van der Waals surface area contributed by atoms with Gasteiger partial charge in [0.1, 0.15) is 23.2 Å². The smallest absolute Gasteiger partial charge is 0.183 e. The summed E-state index contributed by atoms with van der Waals surface area (Å²) in [5, 5.41) is 4.35. The summed E-state index contributed by atoms with van der Waals surface area (Å²) in [6.45, 7) is 10.0. The average Bonchev–Trinajstić information content (AvgIpc) is 2.72. The molecule has 0 aliphatic carbocycles. The molecule has 0 aliphatic rings. The Morgan fingerprint density at radius 3 is 1.36 bits per heavy atom. The van der Waals surface area contributed by atoms with Crippen LogP contribution in [-0.2, 0) is 4.43 Å². The highest BCUT2D eigenvalue weighted by molar-refractivity contribution is 7.95. The van der Waals surface area contributed by atoms with E-state index in [9.17, 15) is 0 Å². The monoisotopic (exact) mass is 407 g/mol. The van der Waals surface area contributed by atoms with Crippen LogP contribution in [0.1, 0.15) is 6.92 Å². The Balaban J connectivity index is 2.11. The van der Waals surface area contributed by atoms with Crippen LogP contribution in [0.25, 0.3) is 0 Å². The fourth-order valence-electron chi connectivity index (χ4n) is 3.72. The zero-order valence-electron chi connectivity index (χ0n) is 17.5. The maximum Gasteiger partial charge on any atom is 0.183 e. The maximum atomic E-state index is 6.30. The van der Waals surface area contributed by atoms with Gasteiger partial charge in [-0.15, -0.1) is 0 Å². The van der Waals surface area contributed by atoms with E-state index in [1.54, 1.807) is 0 Å². The van der Waals surface area contributed by atoms with Gasteiger partial charge < -0.3 is 4.43 Å². The third-order valence-corrected chi connectivity index (χ3v) is 10.7. The Hall–Kier alpha value is -1.73. The molecule has 0 saturated carbocycles. The van der Waals surface area contributed by atoms with Crippen molar-refractivity contribution in [1.29, 1.82) is 0 Å². The molecule has 3 rings (SSSR count). The number of hydrogen-bond acceptors (Lipinski definition) is 1. The molecule has 0 aliphatic heterocycles. The highest BCUT2D eigenvalue weighted by atomic mass is 31.2. The van der Waals surface area contributed by atoms with Gasteiger partial charge in [0.05, 0.1) is 6.16 Å². The number of rotatable bonds is 8. The predicted molar refractivity (Wildman–Crippen MR) is 128 cm³/mol. The van der Waals surface area contributed by atoms with Gasteiger partial charge in [0.15, 0.2) is 8.32 Å². The first kappa shape index (κ1) is 21.0. The molecule has 0 amide bonds. The Labute approximate surface area is 172 Å². The molecule has 28 heavy (non-hydrogen) atoms. The van der Waals surface area contributed by atoms with Crippen molar-refractivity contribution >= 4 is 31.5 Å². The molecule has 0 N–H and O–H groups in total. The van der Waals surface area contributed by atoms with Crippen LogP contribution < -0.4 is 15.9 Å². The second-order valence-corrected chi connectivity index (χ2v) is 16.6. The third kappa shape index (κ3) is 5.00. The molecule has 0 heterocycles. The van der Waals surface area contributed by atoms with Gasteiger partial charge in [0.2, 0.25) is 0 Å². The highest BCUT2D eigenvalue weighted by Crippen LogP contribution is 2.56. The minimum absolute atomic E-state index is 0.487. The van der Waals surface area contributed by atoms with Crippen molar-refractivity contribution < 1.29 is 4.43 Å². The van der Waals surface area contributed by atoms with Gasteiger partial charge in [-0.2, -0.15) is 0 Å². The third-order valence-electron chi connectivity index (χ3n) is 4.98. The van der Waals surface area contributed by atoms with E-state index in [4.69, 9.17) is 4.43 Å². The summed E-state index contributed by atoms with van der Waals surface area (Å²) < 4.78 is 6.30. The summed E-state index contributed by atoms with van der Waals surface area (Å²) in [5.41, 5.74) is 0. The molecule has 0 aromatic heterocycles. The van der Waals surface area contributed by atoms with E-state index in [1.165, 1.54) is 15.9 Å². The molecule has 1 nitrogen and oxygen atoms in total. The average molecular weight is 408 g/mol. The summed E-state index contributed by atoms with van der Waals surface area (Å²) in [4.78, 5) is 0. The quantitative estimate of drug-likeness (QED) is 0.355. The van der Waals surface area contributed by atoms with Crippen molar-refractivity contribution in [3.8, 4) is 0 Å². The van der Waals surface area contributed by atoms with Crippen LogP contribution in [0.3, 0.4) is 0 Å². The second-order valence-electron chi connectivity index (χ2n) is 8.53. The summed E-state index contributed by atoms with van der Waals surface area (Å²) in [7, 11) is -3.28. The van der Waals surface area contributed by atoms with E-state index >= 15 is 0 Å². The molecule has 0 saturated heterocycles. The molecular formula is C25H32OPSi+. The lowest BCUT2D eigenvalue weighted by Gasteiger charge is -2.31. The van der Waals surface area contributed by atoms with E-state index in [-0.39, 0.29) is 0 Å². The molecule has 0 unspecified atom stereocenters. The summed E-state index contributed by atoms with van der Waals surface area (Å²) in [5.74, 6) is 0.487. The molecule has 3 aromatic rings. The first-order valence-electron chi connectivity index (χ1n) is 10.1. The molecule has 0 radical (unpaired) electrons. The van der Waals surface area contributed by atoms with Crippen LogP contribution in [0, 0.1) is 5.92 Å². The maximum absolute atomic E-state index is 6.30. The topological polar surface area (TPSA) is 9.23 Å². The molecular weight excluding hydrogens is 375 g/mol. The summed E-state index contributed by atoms with van der Waals surface area (Å²) in [6.07, 6.45) is 1.12. The van der Waals surface area contributed by atoms with Crippen molar-refractivity contribution in [3.63, 3.8) is 0 Å². The first-order chi connectivity index (χ1) is 13.4. The van der Waals surface area contributed by atoms with Crippen molar-refractivity contribution in [2.75, 3.05) is 12.8 Å². The zero-order valence-corrected chi connectivity index (χ0v) is 19.4. The largest absolute Gasteiger partial charge is 0.417 e. The minimum Gasteiger partial charge on any atom is -0.417 e. The first-order valence-corrected chi connectivity index (χ1v) is 15.5. The van der Waals surface area contributed by atoms with E-state index in [0.717, 1.165) is 12.8 Å².